The van der Waals surface area contributed by atoms with Crippen LogP contribution in [0.2, 0.25) is 5.02 Å². The van der Waals surface area contributed by atoms with E-state index < -0.39 is 0 Å². The summed E-state index contributed by atoms with van der Waals surface area (Å²) in [6.45, 7) is 2.32. The highest BCUT2D eigenvalue weighted by molar-refractivity contribution is 14.1. The molecule has 1 N–H and O–H groups in total. The van der Waals surface area contributed by atoms with Crippen LogP contribution < -0.4 is 5.32 Å². The van der Waals surface area contributed by atoms with Crippen LogP contribution >= 0.6 is 34.2 Å². The van der Waals surface area contributed by atoms with Crippen LogP contribution in [0.1, 0.15) is 10.4 Å². The molecule has 0 aromatic heterocycles. The molecular weight excluding hydrogens is 393 g/mol. The highest BCUT2D eigenvalue weighted by Crippen LogP contribution is 2.22. The lowest BCUT2D eigenvalue weighted by Crippen LogP contribution is -2.53. The molecule has 2 fully saturated rings. The standard InChI is InChI=1S/C13H13ClIN3O2/c14-8-1-2-11(15)10(5-8)12(19)17-3-4-18-9(7-17)6-16-13(18)20/h1-2,5,9H,3-4,6-7H2,(H,16,20). The number of hydrogen-bond donors (Lipinski definition) is 1. The number of rotatable bonds is 1. The van der Waals surface area contributed by atoms with Gasteiger partial charge in [0.05, 0.1) is 11.6 Å². The molecule has 2 aliphatic rings. The van der Waals surface area contributed by atoms with Crippen LogP contribution in [0.4, 0.5) is 4.79 Å². The number of hydrogen-bond acceptors (Lipinski definition) is 2. The molecule has 0 radical (unpaired) electrons. The van der Waals surface area contributed by atoms with Gasteiger partial charge >= 0.3 is 6.03 Å². The first-order valence-electron chi connectivity index (χ1n) is 6.35. The van der Waals surface area contributed by atoms with Crippen LogP contribution in [0.15, 0.2) is 18.2 Å². The third kappa shape index (κ3) is 2.46. The van der Waals surface area contributed by atoms with Gasteiger partial charge in [0.1, 0.15) is 0 Å². The van der Waals surface area contributed by atoms with Crippen molar-refractivity contribution in [2.24, 2.45) is 0 Å². The predicted octanol–water partition coefficient (Wildman–Crippen LogP) is 1.79. The number of nitrogens with one attached hydrogen (secondary N) is 1. The van der Waals surface area contributed by atoms with Crippen molar-refractivity contribution in [3.63, 3.8) is 0 Å². The number of urea groups is 1. The number of benzene rings is 1. The van der Waals surface area contributed by atoms with Crippen molar-refractivity contribution in [3.8, 4) is 0 Å². The van der Waals surface area contributed by atoms with E-state index in [0.717, 1.165) is 3.57 Å². The molecular formula is C13H13ClIN3O2. The third-order valence-corrected chi connectivity index (χ3v) is 4.85. The highest BCUT2D eigenvalue weighted by Gasteiger charge is 2.37. The first kappa shape index (κ1) is 13.9. The monoisotopic (exact) mass is 405 g/mol. The molecule has 7 heteroatoms. The number of fused-ring (bicyclic) bond motifs is 1. The maximum absolute atomic E-state index is 12.6. The summed E-state index contributed by atoms with van der Waals surface area (Å²) in [5.74, 6) is -0.0177. The predicted molar refractivity (Wildman–Crippen MR) is 84.0 cm³/mol. The first-order chi connectivity index (χ1) is 9.56. The Morgan fingerprint density at radius 2 is 2.20 bits per heavy atom. The van der Waals surface area contributed by atoms with Crippen molar-refractivity contribution < 1.29 is 9.59 Å². The Kier molecular flexibility index (Phi) is 3.76. The van der Waals surface area contributed by atoms with Crippen molar-refractivity contribution >= 4 is 46.1 Å². The molecule has 0 spiro atoms. The minimum Gasteiger partial charge on any atom is -0.336 e. The van der Waals surface area contributed by atoms with Gasteiger partial charge in [-0.3, -0.25) is 4.79 Å². The maximum Gasteiger partial charge on any atom is 0.317 e. The molecule has 1 aromatic carbocycles. The van der Waals surface area contributed by atoms with Crippen LogP contribution in [-0.4, -0.2) is 54.0 Å². The van der Waals surface area contributed by atoms with E-state index in [1.165, 1.54) is 0 Å². The average Bonchev–Trinajstić information content (AvgIpc) is 2.82. The Bertz CT molecular complexity index is 581. The number of nitrogens with zero attached hydrogens (tertiary/aromatic N) is 2. The summed E-state index contributed by atoms with van der Waals surface area (Å²) in [5.41, 5.74) is 0.629. The van der Waals surface area contributed by atoms with E-state index in [1.807, 2.05) is 6.07 Å². The van der Waals surface area contributed by atoms with Gasteiger partial charge < -0.3 is 15.1 Å². The Balaban J connectivity index is 1.78. The van der Waals surface area contributed by atoms with Gasteiger partial charge in [-0.1, -0.05) is 11.6 Å². The average molecular weight is 406 g/mol. The minimum absolute atomic E-state index is 0.0177. The fourth-order valence-electron chi connectivity index (χ4n) is 2.62. The van der Waals surface area contributed by atoms with Crippen molar-refractivity contribution in [1.82, 2.24) is 15.1 Å². The molecule has 1 aromatic rings. The zero-order chi connectivity index (χ0) is 14.3. The van der Waals surface area contributed by atoms with E-state index in [4.69, 9.17) is 11.6 Å². The molecule has 0 saturated carbocycles. The van der Waals surface area contributed by atoms with Crippen molar-refractivity contribution in [1.29, 1.82) is 0 Å². The van der Waals surface area contributed by atoms with E-state index in [2.05, 4.69) is 27.9 Å². The van der Waals surface area contributed by atoms with Gasteiger partial charge in [0, 0.05) is 34.8 Å². The molecule has 1 unspecified atom stereocenters. The van der Waals surface area contributed by atoms with E-state index >= 15 is 0 Å². The Hall–Kier alpha value is -1.02. The Morgan fingerprint density at radius 3 is 3.00 bits per heavy atom. The summed E-state index contributed by atoms with van der Waals surface area (Å²) in [5, 5.41) is 3.37. The van der Waals surface area contributed by atoms with Gasteiger partial charge in [-0.15, -0.1) is 0 Å². The summed E-state index contributed by atoms with van der Waals surface area (Å²) in [7, 11) is 0. The van der Waals surface area contributed by atoms with E-state index in [1.54, 1.807) is 21.9 Å². The van der Waals surface area contributed by atoms with E-state index in [9.17, 15) is 9.59 Å². The number of halogens is 2. The van der Waals surface area contributed by atoms with Gasteiger partial charge in [0.2, 0.25) is 0 Å². The van der Waals surface area contributed by atoms with Crippen molar-refractivity contribution in [3.05, 3.63) is 32.4 Å². The third-order valence-electron chi connectivity index (χ3n) is 3.68. The lowest BCUT2D eigenvalue weighted by atomic mass is 10.1. The lowest BCUT2D eigenvalue weighted by molar-refractivity contribution is 0.0616. The Labute approximate surface area is 135 Å². The van der Waals surface area contributed by atoms with Crippen LogP contribution in [-0.2, 0) is 0 Å². The van der Waals surface area contributed by atoms with Gasteiger partial charge in [0.25, 0.3) is 5.91 Å². The van der Waals surface area contributed by atoms with Crippen molar-refractivity contribution in [2.45, 2.75) is 6.04 Å². The quantitative estimate of drug-likeness (QED) is 0.725. The number of carbonyl (C=O) groups excluding carboxylic acids is 2. The molecule has 2 aliphatic heterocycles. The van der Waals surface area contributed by atoms with Gasteiger partial charge in [-0.2, -0.15) is 0 Å². The fraction of sp³-hybridized carbons (Fsp3) is 0.385. The van der Waals surface area contributed by atoms with Gasteiger partial charge in [-0.05, 0) is 40.8 Å². The molecule has 1 atom stereocenters. The SMILES string of the molecule is O=C(c1cc(Cl)ccc1I)N1CCN2C(=O)NCC2C1. The molecule has 5 nitrogen and oxygen atoms in total. The van der Waals surface area contributed by atoms with Crippen LogP contribution in [0.3, 0.4) is 0 Å². The first-order valence-corrected chi connectivity index (χ1v) is 7.81. The minimum atomic E-state index is -0.0283. The zero-order valence-corrected chi connectivity index (χ0v) is 13.5. The molecule has 3 rings (SSSR count). The summed E-state index contributed by atoms with van der Waals surface area (Å²) in [6.07, 6.45) is 0. The molecule has 2 heterocycles. The molecule has 0 aliphatic carbocycles. The number of piperazine rings is 1. The Morgan fingerprint density at radius 1 is 1.40 bits per heavy atom. The fourth-order valence-corrected chi connectivity index (χ4v) is 3.36. The molecule has 2 saturated heterocycles. The topological polar surface area (TPSA) is 52.7 Å². The van der Waals surface area contributed by atoms with E-state index in [-0.39, 0.29) is 18.0 Å². The van der Waals surface area contributed by atoms with Gasteiger partial charge in [0.15, 0.2) is 0 Å². The maximum atomic E-state index is 12.6. The second kappa shape index (κ2) is 5.40. The molecule has 106 valence electrons. The normalized spacial score (nSPS) is 21.7. The second-order valence-electron chi connectivity index (χ2n) is 4.91. The van der Waals surface area contributed by atoms with Crippen LogP contribution in [0.5, 0.6) is 0 Å². The van der Waals surface area contributed by atoms with Gasteiger partial charge in [-0.25, -0.2) is 4.79 Å². The zero-order valence-electron chi connectivity index (χ0n) is 10.6. The summed E-state index contributed by atoms with van der Waals surface area (Å²) in [4.78, 5) is 27.7. The van der Waals surface area contributed by atoms with Crippen molar-refractivity contribution in [2.75, 3.05) is 26.2 Å². The van der Waals surface area contributed by atoms with E-state index in [0.29, 0.717) is 36.8 Å². The lowest BCUT2D eigenvalue weighted by Gasteiger charge is -2.36. The summed E-state index contributed by atoms with van der Waals surface area (Å²) >= 11 is 8.11. The summed E-state index contributed by atoms with van der Waals surface area (Å²) in [6, 6.07) is 5.37. The molecule has 20 heavy (non-hydrogen) atoms. The smallest absolute Gasteiger partial charge is 0.317 e. The molecule has 0 bridgehead atoms. The second-order valence-corrected chi connectivity index (χ2v) is 6.51. The van der Waals surface area contributed by atoms with Crippen LogP contribution in [0, 0.1) is 3.57 Å². The molecule has 3 amide bonds. The largest absolute Gasteiger partial charge is 0.336 e. The summed E-state index contributed by atoms with van der Waals surface area (Å²) < 4.78 is 0.889. The number of amides is 3. The van der Waals surface area contributed by atoms with Crippen LogP contribution in [0.25, 0.3) is 0 Å². The highest BCUT2D eigenvalue weighted by atomic mass is 127. The number of carbonyl (C=O) groups is 2.